The predicted octanol–water partition coefficient (Wildman–Crippen LogP) is 1.34. The van der Waals surface area contributed by atoms with Gasteiger partial charge in [0, 0.05) is 18.2 Å². The van der Waals surface area contributed by atoms with Gasteiger partial charge in [0.25, 0.3) is 0 Å². The predicted molar refractivity (Wildman–Crippen MR) is 85.3 cm³/mol. The number of fused-ring (bicyclic) bond motifs is 1. The molecule has 0 radical (unpaired) electrons. The Kier molecular flexibility index (Phi) is 4.49. The third-order valence-electron chi connectivity index (χ3n) is 4.20. The maximum atomic E-state index is 11.5. The Hall–Kier alpha value is -2.12. The van der Waals surface area contributed by atoms with Gasteiger partial charge in [0.1, 0.15) is 0 Å². The number of hydrogen-bond acceptors (Lipinski definition) is 5. The van der Waals surface area contributed by atoms with E-state index in [9.17, 15) is 10.4 Å². The van der Waals surface area contributed by atoms with Crippen LogP contribution in [-0.4, -0.2) is 26.0 Å². The van der Waals surface area contributed by atoms with E-state index in [0.717, 1.165) is 29.7 Å². The first-order valence-electron chi connectivity index (χ1n) is 7.46. The lowest BCUT2D eigenvalue weighted by Crippen LogP contribution is -2.99. The normalized spacial score (nSPS) is 18.2. The van der Waals surface area contributed by atoms with E-state index in [1.54, 1.807) is 26.4 Å². The molecule has 0 saturated carbocycles. The second-order valence-electron chi connectivity index (χ2n) is 5.44. The van der Waals surface area contributed by atoms with Crippen molar-refractivity contribution in [2.75, 3.05) is 20.8 Å². The van der Waals surface area contributed by atoms with Gasteiger partial charge < -0.3 is 20.0 Å². The number of quaternary nitrogens is 1. The van der Waals surface area contributed by atoms with Gasteiger partial charge in [-0.25, -0.2) is 5.21 Å². The van der Waals surface area contributed by atoms with Crippen LogP contribution in [0, 0.1) is 5.21 Å². The molecular weight excluding hydrogens is 296 g/mol. The van der Waals surface area contributed by atoms with Crippen molar-refractivity contribution in [2.45, 2.75) is 12.5 Å². The molecule has 0 aromatic heterocycles. The van der Waals surface area contributed by atoms with Gasteiger partial charge in [0.05, 0.1) is 20.3 Å². The van der Waals surface area contributed by atoms with Crippen LogP contribution >= 0.6 is 0 Å². The van der Waals surface area contributed by atoms with Crippen LogP contribution < -0.4 is 20.0 Å². The van der Waals surface area contributed by atoms with Crippen molar-refractivity contribution in [3.63, 3.8) is 0 Å². The molecule has 0 aliphatic carbocycles. The fraction of sp³-hybridized carbons (Fsp3) is 0.294. The Labute approximate surface area is 134 Å². The van der Waals surface area contributed by atoms with E-state index in [4.69, 9.17) is 9.47 Å². The van der Waals surface area contributed by atoms with Crippen LogP contribution in [-0.2, 0) is 6.42 Å². The van der Waals surface area contributed by atoms with Crippen molar-refractivity contribution in [3.8, 4) is 11.5 Å². The molecule has 0 bridgehead atoms. The molecule has 0 saturated heterocycles. The highest BCUT2D eigenvalue weighted by Crippen LogP contribution is 2.38. The van der Waals surface area contributed by atoms with E-state index in [2.05, 4.69) is 5.32 Å². The summed E-state index contributed by atoms with van der Waals surface area (Å²) in [6.45, 7) is 0.779. The van der Waals surface area contributed by atoms with Crippen molar-refractivity contribution in [3.05, 3.63) is 58.3 Å². The summed E-state index contributed by atoms with van der Waals surface area (Å²) < 4.78 is 10.8. The molecule has 1 heterocycles. The number of hydrogen-bond donors (Lipinski definition) is 3. The summed E-state index contributed by atoms with van der Waals surface area (Å²) in [5, 5.41) is 23.5. The Morgan fingerprint density at radius 2 is 1.83 bits per heavy atom. The molecule has 3 N–H and O–H groups in total. The molecule has 0 amide bonds. The van der Waals surface area contributed by atoms with Crippen molar-refractivity contribution in [2.24, 2.45) is 0 Å². The summed E-state index contributed by atoms with van der Waals surface area (Å²) >= 11 is 0. The average Bonchev–Trinajstić information content (AvgIpc) is 2.59. The standard InChI is InChI=1S/C17H20N2O4/c1-22-15-9-11-7-8-18-17(13(11)10-16(15)23-2)12-5-3-4-6-14(12)19(20)21/h3-6,9-10,17-20H,7-8H2,1-2H3. The summed E-state index contributed by atoms with van der Waals surface area (Å²) in [7, 11) is 3.21. The zero-order chi connectivity index (χ0) is 16.4. The van der Waals surface area contributed by atoms with Crippen LogP contribution in [0.4, 0.5) is 5.69 Å². The molecule has 1 aliphatic heterocycles. The second-order valence-corrected chi connectivity index (χ2v) is 5.44. The summed E-state index contributed by atoms with van der Waals surface area (Å²) in [5.41, 5.74) is 3.25. The van der Waals surface area contributed by atoms with Gasteiger partial charge in [-0.1, -0.05) is 18.2 Å². The molecule has 23 heavy (non-hydrogen) atoms. The topological polar surface area (TPSA) is 78.2 Å². The minimum absolute atomic E-state index is 0.175. The lowest BCUT2D eigenvalue weighted by molar-refractivity contribution is -0.991. The summed E-state index contributed by atoms with van der Waals surface area (Å²) in [6.07, 6.45) is 0.863. The molecule has 1 aliphatic rings. The molecule has 6 nitrogen and oxygen atoms in total. The summed E-state index contributed by atoms with van der Waals surface area (Å²) in [4.78, 5) is 0. The highest BCUT2D eigenvalue weighted by Gasteiger charge is 2.27. The Balaban J connectivity index is 2.12. The van der Waals surface area contributed by atoms with Crippen LogP contribution in [0.3, 0.4) is 0 Å². The smallest absolute Gasteiger partial charge is 0.168 e. The molecule has 3 rings (SSSR count). The Morgan fingerprint density at radius 1 is 1.13 bits per heavy atom. The number of methoxy groups -OCH3 is 2. The van der Waals surface area contributed by atoms with E-state index < -0.39 is 5.23 Å². The monoisotopic (exact) mass is 316 g/mol. The van der Waals surface area contributed by atoms with Gasteiger partial charge in [-0.3, -0.25) is 0 Å². The average molecular weight is 316 g/mol. The third-order valence-corrected chi connectivity index (χ3v) is 4.20. The zero-order valence-electron chi connectivity index (χ0n) is 13.1. The van der Waals surface area contributed by atoms with Crippen molar-refractivity contribution in [1.29, 1.82) is 0 Å². The molecule has 122 valence electrons. The Morgan fingerprint density at radius 3 is 2.52 bits per heavy atom. The minimum atomic E-state index is -0.921. The maximum absolute atomic E-state index is 11.5. The van der Waals surface area contributed by atoms with Crippen LogP contribution in [0.15, 0.2) is 36.4 Å². The van der Waals surface area contributed by atoms with Gasteiger partial charge >= 0.3 is 0 Å². The lowest BCUT2D eigenvalue weighted by atomic mass is 9.88. The molecule has 0 spiro atoms. The van der Waals surface area contributed by atoms with Gasteiger partial charge in [-0.05, 0) is 29.7 Å². The van der Waals surface area contributed by atoms with E-state index in [-0.39, 0.29) is 6.04 Å². The fourth-order valence-corrected chi connectivity index (χ4v) is 3.10. The number of benzene rings is 2. The van der Waals surface area contributed by atoms with E-state index in [0.29, 0.717) is 17.2 Å². The lowest BCUT2D eigenvalue weighted by Gasteiger charge is -2.30. The molecule has 2 unspecified atom stereocenters. The highest BCUT2D eigenvalue weighted by atomic mass is 16.8. The van der Waals surface area contributed by atoms with E-state index in [1.165, 1.54) is 0 Å². The van der Waals surface area contributed by atoms with E-state index >= 15 is 0 Å². The summed E-state index contributed by atoms with van der Waals surface area (Å²) in [5.74, 6) is 1.34. The number of nitrogens with one attached hydrogen (secondary N) is 2. The molecule has 6 heteroatoms. The molecule has 2 aromatic carbocycles. The van der Waals surface area contributed by atoms with Gasteiger partial charge in [0.15, 0.2) is 17.2 Å². The van der Waals surface area contributed by atoms with E-state index in [1.807, 2.05) is 24.3 Å². The summed E-state index contributed by atoms with van der Waals surface area (Å²) in [6, 6.07) is 10.8. The minimum Gasteiger partial charge on any atom is -0.595 e. The van der Waals surface area contributed by atoms with Gasteiger partial charge in [-0.15, -0.1) is 0 Å². The molecular formula is C17H20N2O4. The van der Waals surface area contributed by atoms with Crippen molar-refractivity contribution in [1.82, 2.24) is 5.32 Å². The first-order chi connectivity index (χ1) is 11.2. The number of ether oxygens (including phenoxy) is 2. The SMILES string of the molecule is COc1cc2c(cc1OC)C(c1ccccc1[NH+]([O-])O)NCC2. The first kappa shape index (κ1) is 15.8. The molecule has 2 atom stereocenters. The Bertz CT molecular complexity index is 703. The number of para-hydroxylation sites is 1. The quantitative estimate of drug-likeness (QED) is 0.742. The first-order valence-corrected chi connectivity index (χ1v) is 7.46. The zero-order valence-corrected chi connectivity index (χ0v) is 13.1. The fourth-order valence-electron chi connectivity index (χ4n) is 3.10. The molecule has 2 aromatic rings. The van der Waals surface area contributed by atoms with Crippen LogP contribution in [0.5, 0.6) is 11.5 Å². The third kappa shape index (κ3) is 2.89. The van der Waals surface area contributed by atoms with Crippen LogP contribution in [0.1, 0.15) is 22.7 Å². The second kappa shape index (κ2) is 6.55. The van der Waals surface area contributed by atoms with Crippen molar-refractivity contribution >= 4 is 5.69 Å². The molecule has 0 fully saturated rings. The van der Waals surface area contributed by atoms with Crippen LogP contribution in [0.2, 0.25) is 0 Å². The largest absolute Gasteiger partial charge is 0.595 e. The van der Waals surface area contributed by atoms with Gasteiger partial charge in [-0.2, -0.15) is 5.23 Å². The highest BCUT2D eigenvalue weighted by molar-refractivity contribution is 5.54. The van der Waals surface area contributed by atoms with Crippen LogP contribution in [0.25, 0.3) is 0 Å². The maximum Gasteiger partial charge on any atom is 0.168 e. The van der Waals surface area contributed by atoms with Gasteiger partial charge in [0.2, 0.25) is 0 Å². The van der Waals surface area contributed by atoms with Crippen molar-refractivity contribution < 1.29 is 19.9 Å². The number of rotatable bonds is 4.